The second-order valence-corrected chi connectivity index (χ2v) is 12.7. The number of carbonyl (C=O) groups excluding carboxylic acids is 1. The van der Waals surface area contributed by atoms with Crippen LogP contribution in [-0.2, 0) is 19.6 Å². The van der Waals surface area contributed by atoms with Gasteiger partial charge in [-0.3, -0.25) is 4.79 Å². The third-order valence-corrected chi connectivity index (χ3v) is 9.09. The van der Waals surface area contributed by atoms with E-state index in [1.54, 1.807) is 29.0 Å². The average molecular weight is 552 g/mol. The number of ether oxygens (including phenoxy) is 1. The summed E-state index contributed by atoms with van der Waals surface area (Å²) in [5, 5.41) is 5.46. The Morgan fingerprint density at radius 3 is 2.45 bits per heavy atom. The molecule has 0 aliphatic carbocycles. The van der Waals surface area contributed by atoms with Crippen molar-refractivity contribution in [1.82, 2.24) is 19.0 Å². The minimum Gasteiger partial charge on any atom is -0.372 e. The lowest BCUT2D eigenvalue weighted by atomic mass is 10.1. The fourth-order valence-corrected chi connectivity index (χ4v) is 6.32. The molecule has 2 aromatic carbocycles. The third kappa shape index (κ3) is 5.32. The van der Waals surface area contributed by atoms with E-state index < -0.39 is 10.0 Å². The summed E-state index contributed by atoms with van der Waals surface area (Å²) in [7, 11) is -0.638. The molecule has 2 aliphatic heterocycles. The lowest BCUT2D eigenvalue weighted by molar-refractivity contribution is -0.113. The van der Waals surface area contributed by atoms with E-state index in [-0.39, 0.29) is 23.0 Å². The molecule has 0 saturated carbocycles. The smallest absolute Gasteiger partial charge is 0.286 e. The molecule has 1 aromatic heterocycles. The molecule has 0 spiro atoms. The molecule has 2 aliphatic rings. The Hall–Kier alpha value is -3.25. The molecular formula is C27H29N5O4S2. The molecule has 1 saturated heterocycles. The summed E-state index contributed by atoms with van der Waals surface area (Å²) < 4.78 is 34.3. The summed E-state index contributed by atoms with van der Waals surface area (Å²) in [4.78, 5) is 20.0. The zero-order valence-corrected chi connectivity index (χ0v) is 23.2. The van der Waals surface area contributed by atoms with Gasteiger partial charge in [0.25, 0.3) is 5.91 Å². The number of para-hydroxylation sites is 1. The maximum atomic E-state index is 12.9. The number of aliphatic imine (C=N–C) groups is 1. The van der Waals surface area contributed by atoms with E-state index in [1.165, 1.54) is 30.2 Å². The van der Waals surface area contributed by atoms with Gasteiger partial charge in [0.15, 0.2) is 5.17 Å². The number of morpholine rings is 1. The van der Waals surface area contributed by atoms with Crippen molar-refractivity contribution in [2.75, 3.05) is 27.2 Å². The van der Waals surface area contributed by atoms with E-state index in [2.05, 4.69) is 9.89 Å². The first kappa shape index (κ1) is 26.4. The van der Waals surface area contributed by atoms with E-state index in [1.807, 2.05) is 56.4 Å². The first-order chi connectivity index (χ1) is 18.1. The van der Waals surface area contributed by atoms with Crippen molar-refractivity contribution in [2.45, 2.75) is 31.0 Å². The van der Waals surface area contributed by atoms with Crippen LogP contribution in [0, 0.1) is 0 Å². The fourth-order valence-electron chi connectivity index (χ4n) is 4.45. The van der Waals surface area contributed by atoms with Crippen molar-refractivity contribution < 1.29 is 17.9 Å². The van der Waals surface area contributed by atoms with Crippen LogP contribution in [0.1, 0.15) is 19.4 Å². The van der Waals surface area contributed by atoms with Crippen molar-refractivity contribution >= 4 is 38.9 Å². The summed E-state index contributed by atoms with van der Waals surface area (Å²) in [5.74, 6) is -0.306. The highest BCUT2D eigenvalue weighted by atomic mass is 32.2. The number of amides is 1. The van der Waals surface area contributed by atoms with Gasteiger partial charge in [-0.25, -0.2) is 17.4 Å². The highest BCUT2D eigenvalue weighted by Gasteiger charge is 2.31. The van der Waals surface area contributed by atoms with Gasteiger partial charge in [-0.15, -0.1) is 0 Å². The standard InChI is InChI=1S/C27H29N5O4S2/c1-18-15-31(16-19(2)36-18)27-28-26(33)24(37-27)14-21-17-32(22-10-6-5-7-11-22)29-25(21)20-9-8-12-23(13-20)38(34,35)30(3)4/h5-14,17-19H,15-16H2,1-4H3. The van der Waals surface area contributed by atoms with Crippen LogP contribution >= 0.6 is 11.8 Å². The van der Waals surface area contributed by atoms with Crippen LogP contribution in [0.4, 0.5) is 0 Å². The van der Waals surface area contributed by atoms with E-state index in [0.717, 1.165) is 5.69 Å². The molecular weight excluding hydrogens is 522 g/mol. The van der Waals surface area contributed by atoms with Crippen LogP contribution in [-0.4, -0.2) is 77.9 Å². The van der Waals surface area contributed by atoms with Crippen LogP contribution in [0.3, 0.4) is 0 Å². The molecule has 38 heavy (non-hydrogen) atoms. The predicted molar refractivity (Wildman–Crippen MR) is 149 cm³/mol. The Bertz CT molecular complexity index is 1520. The van der Waals surface area contributed by atoms with Crippen molar-refractivity contribution in [3.05, 3.63) is 71.3 Å². The van der Waals surface area contributed by atoms with Gasteiger partial charge in [0, 0.05) is 44.5 Å². The van der Waals surface area contributed by atoms with Crippen molar-refractivity contribution in [1.29, 1.82) is 0 Å². The molecule has 2 unspecified atom stereocenters. The van der Waals surface area contributed by atoms with Gasteiger partial charge in [-0.1, -0.05) is 30.3 Å². The average Bonchev–Trinajstić information content (AvgIpc) is 3.48. The molecule has 11 heteroatoms. The van der Waals surface area contributed by atoms with Crippen LogP contribution in [0.15, 0.2) is 75.6 Å². The van der Waals surface area contributed by atoms with Gasteiger partial charge in [-0.2, -0.15) is 10.1 Å². The van der Waals surface area contributed by atoms with Crippen molar-refractivity contribution in [3.8, 4) is 16.9 Å². The summed E-state index contributed by atoms with van der Waals surface area (Å²) >= 11 is 1.34. The highest BCUT2D eigenvalue weighted by Crippen LogP contribution is 2.34. The Morgan fingerprint density at radius 2 is 1.76 bits per heavy atom. The zero-order chi connectivity index (χ0) is 27.0. The molecule has 1 fully saturated rings. The maximum Gasteiger partial charge on any atom is 0.286 e. The van der Waals surface area contributed by atoms with Gasteiger partial charge < -0.3 is 9.64 Å². The monoisotopic (exact) mass is 551 g/mol. The first-order valence-corrected chi connectivity index (χ1v) is 14.5. The van der Waals surface area contributed by atoms with E-state index in [4.69, 9.17) is 9.84 Å². The quantitative estimate of drug-likeness (QED) is 0.444. The van der Waals surface area contributed by atoms with Crippen LogP contribution < -0.4 is 0 Å². The molecule has 1 amide bonds. The number of nitrogens with zero attached hydrogens (tertiary/aromatic N) is 5. The Kier molecular flexibility index (Phi) is 7.28. The molecule has 198 valence electrons. The molecule has 3 aromatic rings. The summed E-state index contributed by atoms with van der Waals surface area (Å²) in [5.41, 5.74) is 2.72. The summed E-state index contributed by atoms with van der Waals surface area (Å²) in [6.07, 6.45) is 3.72. The Morgan fingerprint density at radius 1 is 1.05 bits per heavy atom. The number of sulfonamides is 1. The van der Waals surface area contributed by atoms with Crippen LogP contribution in [0.25, 0.3) is 23.0 Å². The lowest BCUT2D eigenvalue weighted by Gasteiger charge is -2.35. The van der Waals surface area contributed by atoms with E-state index in [9.17, 15) is 13.2 Å². The van der Waals surface area contributed by atoms with Crippen LogP contribution in [0.5, 0.6) is 0 Å². The molecule has 5 rings (SSSR count). The zero-order valence-electron chi connectivity index (χ0n) is 21.6. The Labute approximate surface area is 226 Å². The third-order valence-electron chi connectivity index (χ3n) is 6.24. The highest BCUT2D eigenvalue weighted by molar-refractivity contribution is 8.18. The fraction of sp³-hybridized carbons (Fsp3) is 0.296. The van der Waals surface area contributed by atoms with Crippen molar-refractivity contribution in [3.63, 3.8) is 0 Å². The van der Waals surface area contributed by atoms with Crippen molar-refractivity contribution in [2.24, 2.45) is 4.99 Å². The number of hydrogen-bond donors (Lipinski definition) is 0. The molecule has 3 heterocycles. The number of benzene rings is 2. The SMILES string of the molecule is CC1CN(C2=NC(=O)C(=Cc3cn(-c4ccccc4)nc3-c3cccc(S(=O)(=O)N(C)C)c3)S2)CC(C)O1. The second kappa shape index (κ2) is 10.5. The van der Waals surface area contributed by atoms with Gasteiger partial charge in [0.2, 0.25) is 10.0 Å². The molecule has 9 nitrogen and oxygen atoms in total. The summed E-state index contributed by atoms with van der Waals surface area (Å²) in [6.45, 7) is 5.36. The van der Waals surface area contributed by atoms with Gasteiger partial charge in [0.05, 0.1) is 27.7 Å². The number of rotatable bonds is 5. The normalized spacial score (nSPS) is 21.4. The lowest BCUT2D eigenvalue weighted by Crippen LogP contribution is -2.47. The first-order valence-electron chi connectivity index (χ1n) is 12.2. The maximum absolute atomic E-state index is 12.9. The number of thioether (sulfide) groups is 1. The minimum absolute atomic E-state index is 0.0478. The molecule has 0 N–H and O–H groups in total. The van der Waals surface area contributed by atoms with Gasteiger partial charge >= 0.3 is 0 Å². The molecule has 0 bridgehead atoms. The topological polar surface area (TPSA) is 97.1 Å². The number of hydrogen-bond acceptors (Lipinski definition) is 7. The largest absolute Gasteiger partial charge is 0.372 e. The minimum atomic E-state index is -3.63. The Balaban J connectivity index is 1.54. The number of amidine groups is 1. The van der Waals surface area contributed by atoms with Crippen LogP contribution in [0.2, 0.25) is 0 Å². The number of aromatic nitrogens is 2. The van der Waals surface area contributed by atoms with E-state index in [0.29, 0.717) is 40.0 Å². The molecule has 2 atom stereocenters. The van der Waals surface area contributed by atoms with Gasteiger partial charge in [0.1, 0.15) is 5.69 Å². The predicted octanol–water partition coefficient (Wildman–Crippen LogP) is 3.87. The second-order valence-electron chi connectivity index (χ2n) is 9.50. The van der Waals surface area contributed by atoms with Gasteiger partial charge in [-0.05, 0) is 56.0 Å². The molecule has 0 radical (unpaired) electrons. The summed E-state index contributed by atoms with van der Waals surface area (Å²) in [6, 6.07) is 16.3. The van der Waals surface area contributed by atoms with E-state index >= 15 is 0 Å². The number of carbonyl (C=O) groups is 1.